The molecule has 0 radical (unpaired) electrons. The normalized spacial score (nSPS) is 10.8. The average Bonchev–Trinajstić information content (AvgIpc) is 2.49. The molecule has 0 aliphatic carbocycles. The van der Waals surface area contributed by atoms with E-state index in [4.69, 9.17) is 0 Å². The predicted octanol–water partition coefficient (Wildman–Crippen LogP) is 3.16. The van der Waals surface area contributed by atoms with E-state index in [1.165, 1.54) is 18.4 Å². The highest BCUT2D eigenvalue weighted by molar-refractivity contribution is 5.76. The Bertz CT molecular complexity index is 378. The summed E-state index contributed by atoms with van der Waals surface area (Å²) < 4.78 is 0. The van der Waals surface area contributed by atoms with Gasteiger partial charge in [0.2, 0.25) is 5.91 Å². The zero-order valence-electron chi connectivity index (χ0n) is 13.1. The molecule has 112 valence electrons. The molecule has 3 heteroatoms. The monoisotopic (exact) mass is 276 g/mol. The van der Waals surface area contributed by atoms with Crippen molar-refractivity contribution in [3.05, 3.63) is 35.9 Å². The van der Waals surface area contributed by atoms with E-state index in [1.54, 1.807) is 0 Å². The van der Waals surface area contributed by atoms with Gasteiger partial charge in [-0.3, -0.25) is 4.79 Å². The molecule has 1 rings (SSSR count). The SMILES string of the molecule is CCCCN(C)CCC(=O)N(CC)Cc1ccccc1. The minimum absolute atomic E-state index is 0.250. The van der Waals surface area contributed by atoms with Crippen molar-refractivity contribution in [2.24, 2.45) is 0 Å². The molecule has 0 atom stereocenters. The Morgan fingerprint density at radius 2 is 1.80 bits per heavy atom. The number of unbranched alkanes of at least 4 members (excludes halogenated alkanes) is 1. The van der Waals surface area contributed by atoms with Gasteiger partial charge >= 0.3 is 0 Å². The lowest BCUT2D eigenvalue weighted by molar-refractivity contribution is -0.131. The van der Waals surface area contributed by atoms with Crippen LogP contribution in [-0.2, 0) is 11.3 Å². The maximum atomic E-state index is 12.3. The van der Waals surface area contributed by atoms with Crippen molar-refractivity contribution in [3.8, 4) is 0 Å². The first-order valence-electron chi connectivity index (χ1n) is 7.67. The Morgan fingerprint density at radius 1 is 1.10 bits per heavy atom. The molecule has 0 fully saturated rings. The van der Waals surface area contributed by atoms with Gasteiger partial charge < -0.3 is 9.80 Å². The lowest BCUT2D eigenvalue weighted by Crippen LogP contribution is -2.33. The standard InChI is InChI=1S/C17H28N2O/c1-4-6-13-18(3)14-12-17(20)19(5-2)15-16-10-8-7-9-11-16/h7-11H,4-6,12-15H2,1-3H3. The minimum atomic E-state index is 0.250. The average molecular weight is 276 g/mol. The molecule has 0 N–H and O–H groups in total. The highest BCUT2D eigenvalue weighted by Gasteiger charge is 2.12. The third-order valence-electron chi connectivity index (χ3n) is 3.55. The lowest BCUT2D eigenvalue weighted by Gasteiger charge is -2.23. The van der Waals surface area contributed by atoms with Crippen molar-refractivity contribution in [2.75, 3.05) is 26.7 Å². The van der Waals surface area contributed by atoms with E-state index in [-0.39, 0.29) is 5.91 Å². The number of amides is 1. The summed E-state index contributed by atoms with van der Waals surface area (Å²) in [4.78, 5) is 16.4. The van der Waals surface area contributed by atoms with Gasteiger partial charge in [0.15, 0.2) is 0 Å². The Morgan fingerprint density at radius 3 is 2.40 bits per heavy atom. The fourth-order valence-electron chi connectivity index (χ4n) is 2.16. The first-order chi connectivity index (χ1) is 9.67. The van der Waals surface area contributed by atoms with Gasteiger partial charge in [0.05, 0.1) is 0 Å². The molecule has 0 aliphatic heterocycles. The second-order valence-electron chi connectivity index (χ2n) is 5.30. The molecular weight excluding hydrogens is 248 g/mol. The van der Waals surface area contributed by atoms with Crippen LogP contribution in [0.1, 0.15) is 38.7 Å². The van der Waals surface area contributed by atoms with Crippen molar-refractivity contribution < 1.29 is 4.79 Å². The van der Waals surface area contributed by atoms with Gasteiger partial charge in [-0.1, -0.05) is 43.7 Å². The van der Waals surface area contributed by atoms with E-state index in [1.807, 2.05) is 30.0 Å². The van der Waals surface area contributed by atoms with Crippen LogP contribution in [0.2, 0.25) is 0 Å². The Kier molecular flexibility index (Phi) is 7.97. The summed E-state index contributed by atoms with van der Waals surface area (Å²) in [6.45, 7) is 7.65. The first-order valence-corrected chi connectivity index (χ1v) is 7.67. The number of nitrogens with zero attached hydrogens (tertiary/aromatic N) is 2. The van der Waals surface area contributed by atoms with Crippen LogP contribution in [0.5, 0.6) is 0 Å². The number of rotatable bonds is 9. The number of hydrogen-bond acceptors (Lipinski definition) is 2. The van der Waals surface area contributed by atoms with E-state index in [0.717, 1.165) is 26.2 Å². The molecule has 0 aromatic heterocycles. The van der Waals surface area contributed by atoms with Crippen molar-refractivity contribution in [3.63, 3.8) is 0 Å². The molecule has 0 saturated carbocycles. The molecule has 1 aromatic carbocycles. The molecule has 20 heavy (non-hydrogen) atoms. The fraction of sp³-hybridized carbons (Fsp3) is 0.588. The molecule has 0 unspecified atom stereocenters. The quantitative estimate of drug-likeness (QED) is 0.691. The number of hydrogen-bond donors (Lipinski definition) is 0. The van der Waals surface area contributed by atoms with Crippen LogP contribution in [0.15, 0.2) is 30.3 Å². The first kappa shape index (κ1) is 16.7. The van der Waals surface area contributed by atoms with Crippen molar-refractivity contribution in [2.45, 2.75) is 39.7 Å². The number of carbonyl (C=O) groups excluding carboxylic acids is 1. The zero-order chi connectivity index (χ0) is 14.8. The largest absolute Gasteiger partial charge is 0.339 e. The summed E-state index contributed by atoms with van der Waals surface area (Å²) in [5, 5.41) is 0. The van der Waals surface area contributed by atoms with E-state index >= 15 is 0 Å². The van der Waals surface area contributed by atoms with Crippen LogP contribution < -0.4 is 0 Å². The van der Waals surface area contributed by atoms with Gasteiger partial charge in [-0.2, -0.15) is 0 Å². The van der Waals surface area contributed by atoms with Crippen LogP contribution in [0.4, 0.5) is 0 Å². The van der Waals surface area contributed by atoms with Gasteiger partial charge in [-0.05, 0) is 32.5 Å². The molecule has 0 bridgehead atoms. The van der Waals surface area contributed by atoms with Crippen molar-refractivity contribution >= 4 is 5.91 Å². The van der Waals surface area contributed by atoms with E-state index in [9.17, 15) is 4.79 Å². The summed E-state index contributed by atoms with van der Waals surface area (Å²) >= 11 is 0. The van der Waals surface area contributed by atoms with E-state index in [2.05, 4.69) is 31.0 Å². The Hall–Kier alpha value is -1.35. The molecule has 1 aromatic rings. The molecule has 0 aliphatic rings. The maximum absolute atomic E-state index is 12.3. The van der Waals surface area contributed by atoms with Gasteiger partial charge in [-0.25, -0.2) is 0 Å². The molecule has 0 heterocycles. The molecule has 1 amide bonds. The smallest absolute Gasteiger partial charge is 0.224 e. The van der Waals surface area contributed by atoms with Gasteiger partial charge in [0, 0.05) is 26.1 Å². The summed E-state index contributed by atoms with van der Waals surface area (Å²) in [5.41, 5.74) is 1.20. The molecule has 0 saturated heterocycles. The van der Waals surface area contributed by atoms with Crippen LogP contribution in [0, 0.1) is 0 Å². The summed E-state index contributed by atoms with van der Waals surface area (Å²) in [6.07, 6.45) is 3.01. The second-order valence-corrected chi connectivity index (χ2v) is 5.30. The Balaban J connectivity index is 2.39. The van der Waals surface area contributed by atoms with Crippen LogP contribution >= 0.6 is 0 Å². The van der Waals surface area contributed by atoms with Gasteiger partial charge in [-0.15, -0.1) is 0 Å². The third-order valence-corrected chi connectivity index (χ3v) is 3.55. The predicted molar refractivity (Wildman–Crippen MR) is 84.6 cm³/mol. The zero-order valence-corrected chi connectivity index (χ0v) is 13.1. The summed E-state index contributed by atoms with van der Waals surface area (Å²) in [6, 6.07) is 10.2. The van der Waals surface area contributed by atoms with Gasteiger partial charge in [0.25, 0.3) is 0 Å². The van der Waals surface area contributed by atoms with Crippen LogP contribution in [0.3, 0.4) is 0 Å². The number of carbonyl (C=O) groups is 1. The van der Waals surface area contributed by atoms with Crippen molar-refractivity contribution in [1.82, 2.24) is 9.80 Å². The Labute approximate surface area is 123 Å². The molecular formula is C17H28N2O. The summed E-state index contributed by atoms with van der Waals surface area (Å²) in [7, 11) is 2.09. The third kappa shape index (κ3) is 6.20. The molecule has 0 spiro atoms. The summed E-state index contributed by atoms with van der Waals surface area (Å²) in [5.74, 6) is 0.250. The molecule has 3 nitrogen and oxygen atoms in total. The van der Waals surface area contributed by atoms with Gasteiger partial charge in [0.1, 0.15) is 0 Å². The topological polar surface area (TPSA) is 23.6 Å². The van der Waals surface area contributed by atoms with Crippen LogP contribution in [0.25, 0.3) is 0 Å². The minimum Gasteiger partial charge on any atom is -0.339 e. The van der Waals surface area contributed by atoms with Crippen LogP contribution in [-0.4, -0.2) is 42.4 Å². The van der Waals surface area contributed by atoms with Crippen molar-refractivity contribution in [1.29, 1.82) is 0 Å². The maximum Gasteiger partial charge on any atom is 0.224 e. The highest BCUT2D eigenvalue weighted by Crippen LogP contribution is 2.06. The second kappa shape index (κ2) is 9.54. The highest BCUT2D eigenvalue weighted by atomic mass is 16.2. The van der Waals surface area contributed by atoms with E-state index in [0.29, 0.717) is 6.42 Å². The lowest BCUT2D eigenvalue weighted by atomic mass is 10.2. The fourth-order valence-corrected chi connectivity index (χ4v) is 2.16. The number of benzene rings is 1. The van der Waals surface area contributed by atoms with E-state index < -0.39 is 0 Å².